The summed E-state index contributed by atoms with van der Waals surface area (Å²) in [5.41, 5.74) is 3.10. The Morgan fingerprint density at radius 1 is 1.39 bits per heavy atom. The molecule has 0 amide bonds. The Hall–Kier alpha value is -2.49. The van der Waals surface area contributed by atoms with E-state index in [-0.39, 0.29) is 11.5 Å². The van der Waals surface area contributed by atoms with Crippen LogP contribution in [-0.4, -0.2) is 24.5 Å². The molecular weight excluding hydrogens is 290 g/mol. The minimum atomic E-state index is -0.0137. The molecule has 0 aromatic heterocycles. The molecule has 4 nitrogen and oxygen atoms in total. The highest BCUT2D eigenvalue weighted by molar-refractivity contribution is 5.98. The minimum absolute atomic E-state index is 0.0137. The van der Waals surface area contributed by atoms with Gasteiger partial charge in [0.2, 0.25) is 0 Å². The summed E-state index contributed by atoms with van der Waals surface area (Å²) in [5.74, 6) is 0.568. The van der Waals surface area contributed by atoms with Crippen molar-refractivity contribution >= 4 is 5.78 Å². The first-order valence-corrected chi connectivity index (χ1v) is 7.54. The predicted molar refractivity (Wildman–Crippen MR) is 93.7 cm³/mol. The van der Waals surface area contributed by atoms with Gasteiger partial charge in [-0.1, -0.05) is 18.7 Å². The van der Waals surface area contributed by atoms with Gasteiger partial charge in [-0.2, -0.15) is 0 Å². The van der Waals surface area contributed by atoms with Gasteiger partial charge in [-0.25, -0.2) is 0 Å². The Bertz CT molecular complexity index is 626. The van der Waals surface area contributed by atoms with E-state index < -0.39 is 0 Å². The third-order valence-electron chi connectivity index (χ3n) is 3.35. The van der Waals surface area contributed by atoms with Crippen molar-refractivity contribution < 1.29 is 14.6 Å². The number of phenolic OH excluding ortho intramolecular Hbond substituents is 1. The van der Waals surface area contributed by atoms with Crippen LogP contribution in [0.25, 0.3) is 0 Å². The van der Waals surface area contributed by atoms with Crippen molar-refractivity contribution in [1.82, 2.24) is 5.32 Å². The first kappa shape index (κ1) is 18.6. The Balaban J connectivity index is 2.85. The predicted octanol–water partition coefficient (Wildman–Crippen LogP) is 3.53. The summed E-state index contributed by atoms with van der Waals surface area (Å²) in [6.07, 6.45) is 4.46. The molecule has 0 spiro atoms. The van der Waals surface area contributed by atoms with E-state index in [4.69, 9.17) is 4.74 Å². The maximum Gasteiger partial charge on any atom is 0.162 e. The molecule has 23 heavy (non-hydrogen) atoms. The van der Waals surface area contributed by atoms with Crippen molar-refractivity contribution in [3.63, 3.8) is 0 Å². The second kappa shape index (κ2) is 8.83. The summed E-state index contributed by atoms with van der Waals surface area (Å²) in [6.45, 7) is 9.78. The number of carbonyl (C=O) groups excluding carboxylic acids is 1. The summed E-state index contributed by atoms with van der Waals surface area (Å²) >= 11 is 0. The lowest BCUT2D eigenvalue weighted by atomic mass is 10.0. The second-order valence-corrected chi connectivity index (χ2v) is 5.31. The molecule has 0 atom stereocenters. The molecule has 2 N–H and O–H groups in total. The van der Waals surface area contributed by atoms with Gasteiger partial charge in [-0.05, 0) is 56.5 Å². The van der Waals surface area contributed by atoms with Gasteiger partial charge in [0.15, 0.2) is 17.3 Å². The molecule has 0 unspecified atom stereocenters. The molecule has 4 heteroatoms. The molecule has 0 aliphatic carbocycles. The largest absolute Gasteiger partial charge is 0.504 e. The molecule has 0 saturated carbocycles. The molecule has 0 bridgehead atoms. The number of aromatic hydroxyl groups is 1. The number of ether oxygens (including phenoxy) is 1. The van der Waals surface area contributed by atoms with Crippen molar-refractivity contribution in [1.29, 1.82) is 0 Å². The third kappa shape index (κ3) is 5.33. The number of Topliss-reactive ketones (excluding diaryl/α,β-unsaturated/α-hetero) is 1. The zero-order valence-corrected chi connectivity index (χ0v) is 14.3. The lowest BCUT2D eigenvalue weighted by molar-refractivity contribution is -0.113. The van der Waals surface area contributed by atoms with E-state index in [1.54, 1.807) is 12.1 Å². The Morgan fingerprint density at radius 3 is 2.57 bits per heavy atom. The highest BCUT2D eigenvalue weighted by atomic mass is 16.5. The van der Waals surface area contributed by atoms with Crippen LogP contribution in [0, 0.1) is 0 Å². The van der Waals surface area contributed by atoms with Crippen molar-refractivity contribution in [3.05, 3.63) is 59.3 Å². The Labute approximate surface area is 138 Å². The topological polar surface area (TPSA) is 58.6 Å². The first-order valence-electron chi connectivity index (χ1n) is 7.54. The zero-order chi connectivity index (χ0) is 17.4. The van der Waals surface area contributed by atoms with Crippen molar-refractivity contribution in [2.24, 2.45) is 0 Å². The number of hydrogen-bond donors (Lipinski definition) is 2. The summed E-state index contributed by atoms with van der Waals surface area (Å²) in [6, 6.07) is 5.33. The van der Waals surface area contributed by atoms with Crippen LogP contribution in [0.4, 0.5) is 0 Å². The molecule has 124 valence electrons. The van der Waals surface area contributed by atoms with Crippen LogP contribution in [0.3, 0.4) is 0 Å². The van der Waals surface area contributed by atoms with Gasteiger partial charge in [-0.15, -0.1) is 0 Å². The number of hydrogen-bond acceptors (Lipinski definition) is 4. The van der Waals surface area contributed by atoms with Crippen molar-refractivity contribution in [2.75, 3.05) is 13.7 Å². The van der Waals surface area contributed by atoms with Gasteiger partial charge < -0.3 is 15.2 Å². The monoisotopic (exact) mass is 315 g/mol. The minimum Gasteiger partial charge on any atom is -0.504 e. The molecule has 0 fully saturated rings. The van der Waals surface area contributed by atoms with Crippen LogP contribution < -0.4 is 10.1 Å². The van der Waals surface area contributed by atoms with E-state index in [1.807, 2.05) is 32.1 Å². The molecule has 0 aliphatic heterocycles. The van der Waals surface area contributed by atoms with Gasteiger partial charge in [0.05, 0.1) is 7.11 Å². The second-order valence-electron chi connectivity index (χ2n) is 5.31. The van der Waals surface area contributed by atoms with Gasteiger partial charge in [-0.3, -0.25) is 4.79 Å². The Kier molecular flexibility index (Phi) is 7.13. The number of allylic oxidation sites excluding steroid dienone is 4. The van der Waals surface area contributed by atoms with Crippen LogP contribution in [0.15, 0.2) is 53.8 Å². The summed E-state index contributed by atoms with van der Waals surface area (Å²) in [4.78, 5) is 11.8. The van der Waals surface area contributed by atoms with E-state index in [0.717, 1.165) is 16.8 Å². The van der Waals surface area contributed by atoms with Gasteiger partial charge in [0.1, 0.15) is 0 Å². The fraction of sp³-hybridized carbons (Fsp3) is 0.316. The smallest absolute Gasteiger partial charge is 0.162 e. The SMILES string of the molecule is C=C(C)/C(C(C)=O)=C(/C=CC)NCCc1ccc(OC)c(O)c1. The van der Waals surface area contributed by atoms with E-state index in [0.29, 0.717) is 24.3 Å². The zero-order valence-electron chi connectivity index (χ0n) is 14.3. The molecule has 1 rings (SSSR count). The molecule has 1 aromatic carbocycles. The van der Waals surface area contributed by atoms with Gasteiger partial charge in [0.25, 0.3) is 0 Å². The summed E-state index contributed by atoms with van der Waals surface area (Å²) in [7, 11) is 1.52. The van der Waals surface area contributed by atoms with Crippen LogP contribution in [-0.2, 0) is 11.2 Å². The van der Waals surface area contributed by atoms with E-state index in [2.05, 4.69) is 11.9 Å². The molecule has 1 aromatic rings. The lowest BCUT2D eigenvalue weighted by Crippen LogP contribution is -2.19. The maximum atomic E-state index is 11.8. The molecule has 0 aliphatic rings. The number of benzene rings is 1. The molecule has 0 saturated heterocycles. The fourth-order valence-electron chi connectivity index (χ4n) is 2.35. The molecule has 0 radical (unpaired) electrons. The number of ketones is 1. The van der Waals surface area contributed by atoms with Crippen molar-refractivity contribution in [3.8, 4) is 11.5 Å². The standard InChI is InChI=1S/C19H25NO3/c1-6-7-16(19(13(2)3)14(4)21)20-11-10-15-8-9-18(23-5)17(22)12-15/h6-9,12,20,22H,2,10-11H2,1,3-5H3/b7-6?,19-16+. The van der Waals surface area contributed by atoms with Crippen LogP contribution in [0.1, 0.15) is 26.3 Å². The van der Waals surface area contributed by atoms with Crippen LogP contribution in [0.2, 0.25) is 0 Å². The van der Waals surface area contributed by atoms with E-state index in [1.165, 1.54) is 14.0 Å². The van der Waals surface area contributed by atoms with E-state index in [9.17, 15) is 9.90 Å². The maximum absolute atomic E-state index is 11.8. The fourth-order valence-corrected chi connectivity index (χ4v) is 2.35. The number of carbonyl (C=O) groups is 1. The highest BCUT2D eigenvalue weighted by Gasteiger charge is 2.10. The number of nitrogens with one attached hydrogen (secondary N) is 1. The van der Waals surface area contributed by atoms with E-state index >= 15 is 0 Å². The van der Waals surface area contributed by atoms with Gasteiger partial charge >= 0.3 is 0 Å². The number of methoxy groups -OCH3 is 1. The Morgan fingerprint density at radius 2 is 2.09 bits per heavy atom. The number of phenols is 1. The highest BCUT2D eigenvalue weighted by Crippen LogP contribution is 2.26. The third-order valence-corrected chi connectivity index (χ3v) is 3.35. The lowest BCUT2D eigenvalue weighted by Gasteiger charge is -2.13. The molecule has 0 heterocycles. The van der Waals surface area contributed by atoms with Crippen LogP contribution >= 0.6 is 0 Å². The molecular formula is C19H25NO3. The normalized spacial score (nSPS) is 12.0. The first-order chi connectivity index (χ1) is 10.9. The number of rotatable bonds is 8. The van der Waals surface area contributed by atoms with Gasteiger partial charge in [0, 0.05) is 17.8 Å². The summed E-state index contributed by atoms with van der Waals surface area (Å²) < 4.78 is 5.03. The summed E-state index contributed by atoms with van der Waals surface area (Å²) in [5, 5.41) is 13.1. The average molecular weight is 315 g/mol. The average Bonchev–Trinajstić information content (AvgIpc) is 2.46. The quantitative estimate of drug-likeness (QED) is 0.569. The van der Waals surface area contributed by atoms with Crippen molar-refractivity contribution in [2.45, 2.75) is 27.2 Å². The van der Waals surface area contributed by atoms with Crippen LogP contribution in [0.5, 0.6) is 11.5 Å².